The molecule has 0 saturated heterocycles. The third-order valence-electron chi connectivity index (χ3n) is 4.97. The van der Waals surface area contributed by atoms with Crippen LogP contribution in [0.3, 0.4) is 0 Å². The molecule has 0 unspecified atom stereocenters. The van der Waals surface area contributed by atoms with Crippen molar-refractivity contribution in [2.75, 3.05) is 5.32 Å². The molecular weight excluding hydrogens is 542 g/mol. The molecule has 2 amide bonds. The van der Waals surface area contributed by atoms with Gasteiger partial charge in [-0.05, 0) is 36.4 Å². The number of halogens is 6. The van der Waals surface area contributed by atoms with Gasteiger partial charge in [0.25, 0.3) is 5.91 Å². The molecule has 2 heterocycles. The Morgan fingerprint density at radius 1 is 0.972 bits per heavy atom. The van der Waals surface area contributed by atoms with Crippen LogP contribution in [0, 0.1) is 0 Å². The number of imidazole rings is 1. The zero-order chi connectivity index (χ0) is 25.2. The van der Waals surface area contributed by atoms with Crippen molar-refractivity contribution >= 4 is 64.1 Å². The first kappa shape index (κ1) is 27.3. The first-order valence-corrected chi connectivity index (χ1v) is 10.9. The molecule has 4 aromatic rings. The van der Waals surface area contributed by atoms with E-state index in [4.69, 9.17) is 23.2 Å². The summed E-state index contributed by atoms with van der Waals surface area (Å²) in [4.78, 5) is 33.0. The van der Waals surface area contributed by atoms with E-state index in [0.717, 1.165) is 4.57 Å². The highest BCUT2D eigenvalue weighted by atomic mass is 35.5. The fraction of sp³-hybridized carbons (Fsp3) is 0.130. The fourth-order valence-electron chi connectivity index (χ4n) is 3.42. The van der Waals surface area contributed by atoms with Gasteiger partial charge in [-0.3, -0.25) is 14.6 Å². The van der Waals surface area contributed by atoms with Crippen LogP contribution in [0.2, 0.25) is 10.0 Å². The van der Waals surface area contributed by atoms with Crippen molar-refractivity contribution < 1.29 is 22.8 Å². The molecule has 13 heteroatoms. The lowest BCUT2D eigenvalue weighted by atomic mass is 10.2. The average Bonchev–Trinajstić information content (AvgIpc) is 3.18. The number of para-hydroxylation sites is 1. The summed E-state index contributed by atoms with van der Waals surface area (Å²) in [6.45, 7) is -0.598. The standard InChI is InChI=1S/C23H16Cl2F3N5O2.ClH/c24-14-6-3-7-15(25)19(14)21(35)31-16-8-4-9-17-20(16)32-22(23(26,27)28)33(17)12-18(34)30-11-13-5-1-2-10-29-13;/h1-10H,11-12H2,(H,30,34)(H,31,35);1H. The van der Waals surface area contributed by atoms with Crippen LogP contribution in [0.1, 0.15) is 21.9 Å². The Morgan fingerprint density at radius 3 is 2.31 bits per heavy atom. The van der Waals surface area contributed by atoms with E-state index in [1.165, 1.54) is 36.5 Å². The Hall–Kier alpha value is -3.34. The molecule has 2 aromatic carbocycles. The van der Waals surface area contributed by atoms with Crippen LogP contribution in [-0.4, -0.2) is 26.3 Å². The van der Waals surface area contributed by atoms with Gasteiger partial charge in [0.2, 0.25) is 11.7 Å². The van der Waals surface area contributed by atoms with Gasteiger partial charge in [0.15, 0.2) is 0 Å². The number of nitrogens with zero attached hydrogens (tertiary/aromatic N) is 3. The molecule has 0 fully saturated rings. The predicted molar refractivity (Wildman–Crippen MR) is 132 cm³/mol. The summed E-state index contributed by atoms with van der Waals surface area (Å²) >= 11 is 12.1. The van der Waals surface area contributed by atoms with E-state index in [-0.39, 0.29) is 51.3 Å². The summed E-state index contributed by atoms with van der Waals surface area (Å²) in [5.74, 6) is -2.67. The Labute approximate surface area is 219 Å². The second kappa shape index (κ2) is 11.2. The number of benzene rings is 2. The van der Waals surface area contributed by atoms with E-state index < -0.39 is 30.4 Å². The minimum absolute atomic E-state index is 0. The summed E-state index contributed by atoms with van der Waals surface area (Å²) in [6.07, 6.45) is -3.31. The maximum atomic E-state index is 13.8. The molecule has 0 saturated carbocycles. The monoisotopic (exact) mass is 557 g/mol. The molecule has 2 N–H and O–H groups in total. The van der Waals surface area contributed by atoms with E-state index in [1.807, 2.05) is 0 Å². The van der Waals surface area contributed by atoms with Crippen molar-refractivity contribution in [2.45, 2.75) is 19.3 Å². The summed E-state index contributed by atoms with van der Waals surface area (Å²) in [5.41, 5.74) is 0.386. The molecule has 188 valence electrons. The molecule has 0 spiro atoms. The number of rotatable bonds is 6. The Kier molecular flexibility index (Phi) is 8.44. The van der Waals surface area contributed by atoms with Gasteiger partial charge < -0.3 is 15.2 Å². The number of pyridine rings is 1. The van der Waals surface area contributed by atoms with E-state index in [1.54, 1.807) is 24.3 Å². The van der Waals surface area contributed by atoms with E-state index >= 15 is 0 Å². The van der Waals surface area contributed by atoms with Crippen LogP contribution in [0.5, 0.6) is 0 Å². The summed E-state index contributed by atoms with van der Waals surface area (Å²) in [6, 6.07) is 13.8. The van der Waals surface area contributed by atoms with Crippen LogP contribution in [0.25, 0.3) is 11.0 Å². The number of anilines is 1. The zero-order valence-corrected chi connectivity index (χ0v) is 20.5. The fourth-order valence-corrected chi connectivity index (χ4v) is 3.98. The van der Waals surface area contributed by atoms with E-state index in [2.05, 4.69) is 20.6 Å². The van der Waals surface area contributed by atoms with Crippen molar-refractivity contribution in [2.24, 2.45) is 0 Å². The summed E-state index contributed by atoms with van der Waals surface area (Å²) < 4.78 is 42.2. The second-order valence-electron chi connectivity index (χ2n) is 7.34. The van der Waals surface area contributed by atoms with Gasteiger partial charge in [0, 0.05) is 6.20 Å². The first-order chi connectivity index (χ1) is 16.6. The van der Waals surface area contributed by atoms with Gasteiger partial charge in [0.1, 0.15) is 12.1 Å². The smallest absolute Gasteiger partial charge is 0.349 e. The number of carbonyl (C=O) groups is 2. The maximum Gasteiger partial charge on any atom is 0.449 e. The number of alkyl halides is 3. The van der Waals surface area contributed by atoms with Gasteiger partial charge in [-0.15, -0.1) is 12.4 Å². The molecule has 0 aliphatic heterocycles. The van der Waals surface area contributed by atoms with Gasteiger partial charge in [-0.25, -0.2) is 4.98 Å². The van der Waals surface area contributed by atoms with Crippen molar-refractivity contribution in [3.05, 3.63) is 87.9 Å². The minimum Gasteiger partial charge on any atom is -0.349 e. The van der Waals surface area contributed by atoms with Crippen LogP contribution < -0.4 is 10.6 Å². The molecular formula is C23H17Cl3F3N5O2. The van der Waals surface area contributed by atoms with Crippen LogP contribution in [-0.2, 0) is 24.1 Å². The number of nitrogens with one attached hydrogen (secondary N) is 2. The Morgan fingerprint density at radius 2 is 1.67 bits per heavy atom. The summed E-state index contributed by atoms with van der Waals surface area (Å²) in [5, 5.41) is 5.21. The van der Waals surface area contributed by atoms with E-state index in [9.17, 15) is 22.8 Å². The zero-order valence-electron chi connectivity index (χ0n) is 18.1. The molecule has 0 radical (unpaired) electrons. The lowest BCUT2D eigenvalue weighted by Gasteiger charge is -2.12. The molecule has 4 rings (SSSR count). The highest BCUT2D eigenvalue weighted by Crippen LogP contribution is 2.34. The quantitative estimate of drug-likeness (QED) is 0.316. The third kappa shape index (κ3) is 5.89. The Bertz CT molecular complexity index is 1390. The number of aromatic nitrogens is 3. The molecule has 0 aliphatic rings. The lowest BCUT2D eigenvalue weighted by molar-refractivity contribution is -0.147. The topological polar surface area (TPSA) is 88.9 Å². The summed E-state index contributed by atoms with van der Waals surface area (Å²) in [7, 11) is 0. The highest BCUT2D eigenvalue weighted by Gasteiger charge is 2.38. The van der Waals surface area contributed by atoms with Crippen molar-refractivity contribution in [3.8, 4) is 0 Å². The molecule has 2 aromatic heterocycles. The van der Waals surface area contributed by atoms with Crippen molar-refractivity contribution in [3.63, 3.8) is 0 Å². The van der Waals surface area contributed by atoms with Crippen LogP contribution >= 0.6 is 35.6 Å². The molecule has 7 nitrogen and oxygen atoms in total. The number of hydrogen-bond acceptors (Lipinski definition) is 4. The van der Waals surface area contributed by atoms with Crippen molar-refractivity contribution in [1.82, 2.24) is 19.9 Å². The minimum atomic E-state index is -4.85. The van der Waals surface area contributed by atoms with Crippen LogP contribution in [0.4, 0.5) is 18.9 Å². The highest BCUT2D eigenvalue weighted by molar-refractivity contribution is 6.40. The van der Waals surface area contributed by atoms with Gasteiger partial charge in [-0.2, -0.15) is 13.2 Å². The molecule has 0 bridgehead atoms. The number of amides is 2. The van der Waals surface area contributed by atoms with Crippen LogP contribution in [0.15, 0.2) is 60.8 Å². The molecule has 0 atom stereocenters. The normalized spacial score (nSPS) is 11.1. The lowest BCUT2D eigenvalue weighted by Crippen LogP contribution is -2.29. The van der Waals surface area contributed by atoms with Gasteiger partial charge in [-0.1, -0.05) is 41.4 Å². The van der Waals surface area contributed by atoms with Crippen molar-refractivity contribution in [1.29, 1.82) is 0 Å². The molecule has 0 aliphatic carbocycles. The SMILES string of the molecule is Cl.O=C(Cn1c(C(F)(F)F)nc2c(NC(=O)c3c(Cl)cccc3Cl)cccc21)NCc1ccccn1. The number of fused-ring (bicyclic) bond motifs is 1. The number of hydrogen-bond donors (Lipinski definition) is 2. The molecule has 36 heavy (non-hydrogen) atoms. The van der Waals surface area contributed by atoms with Gasteiger partial charge in [0.05, 0.1) is 39.1 Å². The van der Waals surface area contributed by atoms with E-state index in [0.29, 0.717) is 5.69 Å². The predicted octanol–water partition coefficient (Wildman–Crippen LogP) is 5.75. The third-order valence-corrected chi connectivity index (χ3v) is 5.59. The first-order valence-electron chi connectivity index (χ1n) is 10.1. The largest absolute Gasteiger partial charge is 0.449 e. The number of carbonyl (C=O) groups excluding carboxylic acids is 2. The second-order valence-corrected chi connectivity index (χ2v) is 8.16. The Balaban J connectivity index is 0.00000361. The average molecular weight is 559 g/mol. The maximum absolute atomic E-state index is 13.8. The van der Waals surface area contributed by atoms with Gasteiger partial charge >= 0.3 is 6.18 Å².